The van der Waals surface area contributed by atoms with E-state index in [0.29, 0.717) is 25.4 Å². The number of nitrogens with one attached hydrogen (secondary N) is 2. The first-order valence-electron chi connectivity index (χ1n) is 13.7. The van der Waals surface area contributed by atoms with Gasteiger partial charge in [-0.05, 0) is 84.0 Å². The standard InChI is InChI=1S/C27H47N7O3/c1-4-33(5-2)18-9-15-29-20-26(36)31-24(13-12-23-11-8-17-32(23)3)27(37)34(21-25(28)35)19-14-22-10-6-7-16-30-22/h6-7,10,16,23-24,29H,4-5,8-9,11-15,17-21H2,1-3H3,(H2,28,35)(H,31,36)/t23-,24?/m1/s1. The van der Waals surface area contributed by atoms with Crippen molar-refractivity contribution in [1.29, 1.82) is 0 Å². The molecule has 3 amide bonds. The first kappa shape index (κ1) is 30.7. The van der Waals surface area contributed by atoms with E-state index >= 15 is 0 Å². The van der Waals surface area contributed by atoms with E-state index < -0.39 is 11.9 Å². The van der Waals surface area contributed by atoms with Gasteiger partial charge < -0.3 is 31.1 Å². The number of carbonyl (C=O) groups excluding carboxylic acids is 3. The Bertz CT molecular complexity index is 819. The summed E-state index contributed by atoms with van der Waals surface area (Å²) in [5.41, 5.74) is 6.30. The van der Waals surface area contributed by atoms with Crippen LogP contribution in [0.1, 0.15) is 51.6 Å². The topological polar surface area (TPSA) is 124 Å². The molecule has 0 radical (unpaired) electrons. The van der Waals surface area contributed by atoms with Crippen molar-refractivity contribution >= 4 is 17.7 Å². The van der Waals surface area contributed by atoms with Crippen molar-refractivity contribution in [2.75, 3.05) is 59.4 Å². The summed E-state index contributed by atoms with van der Waals surface area (Å²) < 4.78 is 0. The molecule has 1 unspecified atom stereocenters. The molecular weight excluding hydrogens is 470 g/mol. The minimum absolute atomic E-state index is 0.148. The fraction of sp³-hybridized carbons (Fsp3) is 0.704. The van der Waals surface area contributed by atoms with Gasteiger partial charge in [-0.15, -0.1) is 0 Å². The zero-order valence-corrected chi connectivity index (χ0v) is 23.0. The van der Waals surface area contributed by atoms with Gasteiger partial charge in [0.15, 0.2) is 0 Å². The van der Waals surface area contributed by atoms with Crippen molar-refractivity contribution in [3.05, 3.63) is 30.1 Å². The highest BCUT2D eigenvalue weighted by Gasteiger charge is 2.29. The highest BCUT2D eigenvalue weighted by molar-refractivity contribution is 5.90. The molecule has 4 N–H and O–H groups in total. The van der Waals surface area contributed by atoms with Gasteiger partial charge in [-0.1, -0.05) is 19.9 Å². The third-order valence-corrected chi connectivity index (χ3v) is 7.12. The lowest BCUT2D eigenvalue weighted by atomic mass is 10.0. The summed E-state index contributed by atoms with van der Waals surface area (Å²) in [6.45, 7) is 9.33. The van der Waals surface area contributed by atoms with E-state index in [9.17, 15) is 14.4 Å². The molecule has 1 saturated heterocycles. The molecule has 1 aromatic rings. The van der Waals surface area contributed by atoms with E-state index in [4.69, 9.17) is 5.73 Å². The normalized spacial score (nSPS) is 16.6. The van der Waals surface area contributed by atoms with Gasteiger partial charge in [0, 0.05) is 30.9 Å². The average molecular weight is 518 g/mol. The summed E-state index contributed by atoms with van der Waals surface area (Å²) in [7, 11) is 2.10. The number of carbonyl (C=O) groups is 3. The zero-order valence-electron chi connectivity index (χ0n) is 23.0. The minimum Gasteiger partial charge on any atom is -0.368 e. The maximum absolute atomic E-state index is 13.6. The van der Waals surface area contributed by atoms with E-state index in [1.165, 1.54) is 4.90 Å². The molecule has 0 aliphatic carbocycles. The maximum atomic E-state index is 13.6. The minimum atomic E-state index is -0.706. The number of amides is 3. The number of hydrogen-bond donors (Lipinski definition) is 3. The molecule has 1 fully saturated rings. The molecule has 0 saturated carbocycles. The number of hydrogen-bond acceptors (Lipinski definition) is 7. The molecule has 10 nitrogen and oxygen atoms in total. The highest BCUT2D eigenvalue weighted by Crippen LogP contribution is 2.20. The van der Waals surface area contributed by atoms with Crippen LogP contribution in [0, 0.1) is 0 Å². The monoisotopic (exact) mass is 517 g/mol. The smallest absolute Gasteiger partial charge is 0.245 e. The molecule has 1 aliphatic heterocycles. The third-order valence-electron chi connectivity index (χ3n) is 7.12. The summed E-state index contributed by atoms with van der Waals surface area (Å²) in [6.07, 6.45) is 6.69. The number of aromatic nitrogens is 1. The van der Waals surface area contributed by atoms with Gasteiger partial charge in [-0.3, -0.25) is 19.4 Å². The highest BCUT2D eigenvalue weighted by atomic mass is 16.2. The van der Waals surface area contributed by atoms with Crippen molar-refractivity contribution < 1.29 is 14.4 Å². The molecule has 0 aromatic carbocycles. The van der Waals surface area contributed by atoms with Crippen LogP contribution in [-0.2, 0) is 20.8 Å². The van der Waals surface area contributed by atoms with Crippen molar-refractivity contribution in [3.8, 4) is 0 Å². The molecule has 10 heteroatoms. The number of likely N-dealkylation sites (tertiary alicyclic amines) is 1. The van der Waals surface area contributed by atoms with Crippen LogP contribution in [0.2, 0.25) is 0 Å². The van der Waals surface area contributed by atoms with Crippen molar-refractivity contribution in [2.45, 2.75) is 64.5 Å². The molecule has 2 heterocycles. The van der Waals surface area contributed by atoms with Crippen molar-refractivity contribution in [1.82, 2.24) is 30.3 Å². The molecule has 2 atom stereocenters. The van der Waals surface area contributed by atoms with Crippen LogP contribution in [0.3, 0.4) is 0 Å². The number of primary amides is 1. The second-order valence-corrected chi connectivity index (χ2v) is 9.83. The Labute approximate surface area is 222 Å². The lowest BCUT2D eigenvalue weighted by molar-refractivity contribution is -0.139. The number of rotatable bonds is 18. The summed E-state index contributed by atoms with van der Waals surface area (Å²) in [6, 6.07) is 5.29. The van der Waals surface area contributed by atoms with Crippen LogP contribution in [-0.4, -0.2) is 109 Å². The fourth-order valence-corrected chi connectivity index (χ4v) is 4.85. The van der Waals surface area contributed by atoms with Gasteiger partial charge in [-0.2, -0.15) is 0 Å². The second kappa shape index (κ2) is 17.0. The van der Waals surface area contributed by atoms with Crippen LogP contribution in [0.5, 0.6) is 0 Å². The molecule has 1 aliphatic rings. The first-order chi connectivity index (χ1) is 17.8. The van der Waals surface area contributed by atoms with Gasteiger partial charge in [0.1, 0.15) is 6.04 Å². The van der Waals surface area contributed by atoms with Crippen molar-refractivity contribution in [3.63, 3.8) is 0 Å². The van der Waals surface area contributed by atoms with E-state index in [1.807, 2.05) is 18.2 Å². The van der Waals surface area contributed by atoms with Gasteiger partial charge >= 0.3 is 0 Å². The Morgan fingerprint density at radius 3 is 2.62 bits per heavy atom. The Morgan fingerprint density at radius 1 is 1.22 bits per heavy atom. The molecule has 2 rings (SSSR count). The van der Waals surface area contributed by atoms with Gasteiger partial charge in [0.25, 0.3) is 0 Å². The van der Waals surface area contributed by atoms with Crippen LogP contribution < -0.4 is 16.4 Å². The summed E-state index contributed by atoms with van der Waals surface area (Å²) in [4.78, 5) is 48.6. The average Bonchev–Trinajstić information content (AvgIpc) is 3.30. The predicted molar refractivity (Wildman–Crippen MR) is 146 cm³/mol. The molecular formula is C27H47N7O3. The van der Waals surface area contributed by atoms with Gasteiger partial charge in [0.05, 0.1) is 13.1 Å². The summed E-state index contributed by atoms with van der Waals surface area (Å²) in [5.74, 6) is -1.07. The summed E-state index contributed by atoms with van der Waals surface area (Å²) in [5, 5.41) is 6.13. The maximum Gasteiger partial charge on any atom is 0.245 e. The Hall–Kier alpha value is -2.56. The molecule has 0 bridgehead atoms. The zero-order chi connectivity index (χ0) is 27.0. The number of nitrogens with two attached hydrogens (primary N) is 1. The summed E-state index contributed by atoms with van der Waals surface area (Å²) >= 11 is 0. The Kier molecular flexibility index (Phi) is 14.1. The largest absolute Gasteiger partial charge is 0.368 e. The Balaban J connectivity index is 1.98. The van der Waals surface area contributed by atoms with Crippen LogP contribution in [0.4, 0.5) is 0 Å². The second-order valence-electron chi connectivity index (χ2n) is 9.83. The quantitative estimate of drug-likeness (QED) is 0.244. The third kappa shape index (κ3) is 11.6. The van der Waals surface area contributed by atoms with Crippen molar-refractivity contribution in [2.24, 2.45) is 5.73 Å². The first-order valence-corrected chi connectivity index (χ1v) is 13.7. The molecule has 0 spiro atoms. The molecule has 208 valence electrons. The lowest BCUT2D eigenvalue weighted by Crippen LogP contribution is -2.52. The van der Waals surface area contributed by atoms with E-state index in [0.717, 1.165) is 64.1 Å². The number of pyridine rings is 1. The Morgan fingerprint density at radius 2 is 2.00 bits per heavy atom. The van der Waals surface area contributed by atoms with Crippen LogP contribution in [0.15, 0.2) is 24.4 Å². The van der Waals surface area contributed by atoms with Gasteiger partial charge in [-0.25, -0.2) is 0 Å². The van der Waals surface area contributed by atoms with Crippen LogP contribution >= 0.6 is 0 Å². The lowest BCUT2D eigenvalue weighted by Gasteiger charge is -2.28. The fourth-order valence-electron chi connectivity index (χ4n) is 4.85. The SMILES string of the molecule is CCN(CC)CCCNCC(=O)NC(CC[C@H]1CCCN1C)C(=O)N(CCc1ccccn1)CC(N)=O. The van der Waals surface area contributed by atoms with Gasteiger partial charge in [0.2, 0.25) is 17.7 Å². The predicted octanol–water partition coefficient (Wildman–Crippen LogP) is 0.619. The molecule has 37 heavy (non-hydrogen) atoms. The van der Waals surface area contributed by atoms with E-state index in [2.05, 4.69) is 46.3 Å². The molecule has 1 aromatic heterocycles. The van der Waals surface area contributed by atoms with E-state index in [1.54, 1.807) is 6.20 Å². The van der Waals surface area contributed by atoms with E-state index in [-0.39, 0.29) is 24.9 Å². The van der Waals surface area contributed by atoms with Crippen LogP contribution in [0.25, 0.3) is 0 Å². The number of nitrogens with zero attached hydrogens (tertiary/aromatic N) is 4.